The minimum Gasteiger partial charge on any atom is -0.506 e. The molecule has 9 heteroatoms. The maximum Gasteiger partial charge on any atom is 0.333 e. The van der Waals surface area contributed by atoms with E-state index >= 15 is 0 Å². The number of nitrogens with zero attached hydrogens (tertiary/aromatic N) is 4. The van der Waals surface area contributed by atoms with Crippen molar-refractivity contribution < 1.29 is 19.8 Å². The number of aromatic nitrogens is 3. The third kappa shape index (κ3) is 4.62. The third-order valence-electron chi connectivity index (χ3n) is 5.15. The highest BCUT2D eigenvalue weighted by atomic mass is 16.4. The smallest absolute Gasteiger partial charge is 0.333 e. The number of rotatable bonds is 6. The van der Waals surface area contributed by atoms with Crippen molar-refractivity contribution in [2.75, 3.05) is 7.05 Å². The maximum absolute atomic E-state index is 12.8. The number of pyridine rings is 1. The molecule has 0 fully saturated rings. The van der Waals surface area contributed by atoms with Crippen molar-refractivity contribution >= 4 is 11.9 Å². The van der Waals surface area contributed by atoms with Crippen LogP contribution in [0.3, 0.4) is 0 Å². The first-order valence-electron chi connectivity index (χ1n) is 9.43. The Labute approximate surface area is 168 Å². The molecule has 1 amide bonds. The van der Waals surface area contributed by atoms with E-state index in [1.54, 1.807) is 25.5 Å². The molecule has 2 aromatic rings. The number of hydrogen-bond acceptors (Lipinski definition) is 6. The highest BCUT2D eigenvalue weighted by Gasteiger charge is 2.29. The molecule has 154 valence electrons. The molecule has 0 radical (unpaired) electrons. The van der Waals surface area contributed by atoms with Gasteiger partial charge in [0.25, 0.3) is 0 Å². The largest absolute Gasteiger partial charge is 0.506 e. The third-order valence-corrected chi connectivity index (χ3v) is 5.15. The predicted octanol–water partition coefficient (Wildman–Crippen LogP) is 1.46. The molecule has 2 aromatic heterocycles. The summed E-state index contributed by atoms with van der Waals surface area (Å²) in [4.78, 5) is 29.9. The van der Waals surface area contributed by atoms with Gasteiger partial charge in [0.1, 0.15) is 5.75 Å². The molecule has 0 spiro atoms. The number of aromatic hydroxyl groups is 1. The average Bonchev–Trinajstić information content (AvgIpc) is 3.15. The van der Waals surface area contributed by atoms with E-state index < -0.39 is 12.0 Å². The van der Waals surface area contributed by atoms with Gasteiger partial charge >= 0.3 is 5.97 Å². The van der Waals surface area contributed by atoms with Crippen molar-refractivity contribution in [3.05, 3.63) is 47.6 Å². The summed E-state index contributed by atoms with van der Waals surface area (Å²) < 4.78 is 1.53. The van der Waals surface area contributed by atoms with Crippen LogP contribution in [0.4, 0.5) is 0 Å². The number of carbonyl (C=O) groups is 2. The highest BCUT2D eigenvalue weighted by molar-refractivity contribution is 5.90. The van der Waals surface area contributed by atoms with Gasteiger partial charge in [-0.3, -0.25) is 4.79 Å². The number of hydrogen-bond donors (Lipinski definition) is 3. The van der Waals surface area contributed by atoms with E-state index in [-0.39, 0.29) is 23.7 Å². The van der Waals surface area contributed by atoms with Crippen LogP contribution >= 0.6 is 0 Å². The summed E-state index contributed by atoms with van der Waals surface area (Å²) in [6, 6.07) is 2.30. The van der Waals surface area contributed by atoms with Crippen molar-refractivity contribution in [1.82, 2.24) is 19.7 Å². The normalized spacial score (nSPS) is 17.8. The van der Waals surface area contributed by atoms with Gasteiger partial charge < -0.3 is 20.8 Å². The van der Waals surface area contributed by atoms with Gasteiger partial charge in [-0.15, -0.1) is 0 Å². The molecule has 4 N–H and O–H groups in total. The van der Waals surface area contributed by atoms with E-state index in [2.05, 4.69) is 10.1 Å². The first kappa shape index (κ1) is 20.5. The van der Waals surface area contributed by atoms with Gasteiger partial charge in [-0.1, -0.05) is 6.92 Å². The zero-order valence-corrected chi connectivity index (χ0v) is 16.4. The van der Waals surface area contributed by atoms with Crippen LogP contribution in [0.15, 0.2) is 42.0 Å². The molecule has 29 heavy (non-hydrogen) atoms. The molecule has 1 aliphatic carbocycles. The number of carboxylic acid groups (broad SMARTS) is 1. The van der Waals surface area contributed by atoms with E-state index in [4.69, 9.17) is 5.73 Å². The lowest BCUT2D eigenvalue weighted by molar-refractivity contribution is -0.133. The van der Waals surface area contributed by atoms with Crippen LogP contribution in [0, 0.1) is 5.92 Å². The van der Waals surface area contributed by atoms with Gasteiger partial charge in [0, 0.05) is 18.9 Å². The first-order valence-corrected chi connectivity index (χ1v) is 9.43. The standard InChI is InChI=1S/C20H25N5O4/c1-12-3-5-15(20(28)29)17(7-12)24(2)19(27)16(21)8-13-9-23-25(11-13)18-6-4-14(26)10-22-18/h4,6,9-12,16,26H,3,5,7-8,21H2,1-2H3,(H,28,29). The Kier molecular flexibility index (Phi) is 5.97. The molecule has 0 aromatic carbocycles. The summed E-state index contributed by atoms with van der Waals surface area (Å²) in [5.74, 6) is -0.413. The summed E-state index contributed by atoms with van der Waals surface area (Å²) in [6.07, 6.45) is 6.69. The minimum atomic E-state index is -0.984. The number of carboxylic acids is 1. The van der Waals surface area contributed by atoms with E-state index in [0.717, 1.165) is 12.0 Å². The molecule has 0 saturated carbocycles. The van der Waals surface area contributed by atoms with Crippen molar-refractivity contribution in [3.8, 4) is 11.6 Å². The molecule has 2 unspecified atom stereocenters. The van der Waals surface area contributed by atoms with Gasteiger partial charge in [-0.05, 0) is 49.3 Å². The minimum absolute atomic E-state index is 0.0591. The van der Waals surface area contributed by atoms with E-state index in [1.165, 1.54) is 21.8 Å². The monoisotopic (exact) mass is 399 g/mol. The van der Waals surface area contributed by atoms with Gasteiger partial charge in [-0.2, -0.15) is 5.10 Å². The Hall–Kier alpha value is -3.20. The molecular weight excluding hydrogens is 374 g/mol. The molecule has 0 aliphatic heterocycles. The fraction of sp³-hybridized carbons (Fsp3) is 0.400. The van der Waals surface area contributed by atoms with Crippen LogP contribution < -0.4 is 5.73 Å². The van der Waals surface area contributed by atoms with Gasteiger partial charge in [0.05, 0.1) is 24.0 Å². The summed E-state index contributed by atoms with van der Waals surface area (Å²) in [7, 11) is 1.59. The number of aliphatic carboxylic acids is 1. The van der Waals surface area contributed by atoms with Gasteiger partial charge in [0.2, 0.25) is 5.91 Å². The summed E-state index contributed by atoms with van der Waals surface area (Å²) in [5, 5.41) is 23.0. The Morgan fingerprint density at radius 3 is 2.79 bits per heavy atom. The van der Waals surface area contributed by atoms with Crippen molar-refractivity contribution in [2.24, 2.45) is 11.7 Å². The number of carbonyl (C=O) groups excluding carboxylic acids is 1. The molecule has 3 rings (SSSR count). The lowest BCUT2D eigenvalue weighted by Crippen LogP contribution is -2.43. The quantitative estimate of drug-likeness (QED) is 0.669. The Morgan fingerprint density at radius 1 is 1.38 bits per heavy atom. The van der Waals surface area contributed by atoms with Crippen LogP contribution in [-0.2, 0) is 16.0 Å². The predicted molar refractivity (Wildman–Crippen MR) is 105 cm³/mol. The Balaban J connectivity index is 1.72. The van der Waals surface area contributed by atoms with Crippen LogP contribution in [0.5, 0.6) is 5.75 Å². The second-order valence-corrected chi connectivity index (χ2v) is 7.45. The van der Waals surface area contributed by atoms with Crippen molar-refractivity contribution in [1.29, 1.82) is 0 Å². The second kappa shape index (κ2) is 8.44. The number of amides is 1. The molecular formula is C20H25N5O4. The molecule has 2 atom stereocenters. The number of allylic oxidation sites excluding steroid dienone is 1. The average molecular weight is 399 g/mol. The van der Waals surface area contributed by atoms with Gasteiger partial charge in [-0.25, -0.2) is 14.5 Å². The summed E-state index contributed by atoms with van der Waals surface area (Å²) in [6.45, 7) is 2.04. The molecule has 1 aliphatic rings. The Bertz CT molecular complexity index is 935. The lowest BCUT2D eigenvalue weighted by Gasteiger charge is -2.30. The molecule has 0 bridgehead atoms. The van der Waals surface area contributed by atoms with E-state index in [0.29, 0.717) is 30.3 Å². The fourth-order valence-electron chi connectivity index (χ4n) is 3.49. The molecule has 0 saturated heterocycles. The summed E-state index contributed by atoms with van der Waals surface area (Å²) in [5.41, 5.74) is 7.71. The first-order chi connectivity index (χ1) is 13.8. The van der Waals surface area contributed by atoms with Crippen LogP contribution in [0.2, 0.25) is 0 Å². The van der Waals surface area contributed by atoms with Gasteiger partial charge in [0.15, 0.2) is 5.82 Å². The number of likely N-dealkylation sites (N-methyl/N-ethyl adjacent to an activating group) is 1. The van der Waals surface area contributed by atoms with Crippen molar-refractivity contribution in [3.63, 3.8) is 0 Å². The maximum atomic E-state index is 12.8. The zero-order chi connectivity index (χ0) is 21.1. The summed E-state index contributed by atoms with van der Waals surface area (Å²) >= 11 is 0. The van der Waals surface area contributed by atoms with Crippen LogP contribution in [-0.4, -0.2) is 54.8 Å². The van der Waals surface area contributed by atoms with E-state index in [1.807, 2.05) is 6.92 Å². The van der Waals surface area contributed by atoms with Crippen LogP contribution in [0.1, 0.15) is 31.7 Å². The van der Waals surface area contributed by atoms with Crippen LogP contribution in [0.25, 0.3) is 5.82 Å². The fourth-order valence-corrected chi connectivity index (χ4v) is 3.49. The number of nitrogens with two attached hydrogens (primary N) is 1. The van der Waals surface area contributed by atoms with E-state index in [9.17, 15) is 19.8 Å². The lowest BCUT2D eigenvalue weighted by atomic mass is 9.87. The van der Waals surface area contributed by atoms with Crippen molar-refractivity contribution in [2.45, 2.75) is 38.6 Å². The highest BCUT2D eigenvalue weighted by Crippen LogP contribution is 2.31. The topological polar surface area (TPSA) is 135 Å². The SMILES string of the molecule is CC1CCC(C(=O)O)=C(N(C)C(=O)C(N)Cc2cnn(-c3ccc(O)cn3)c2)C1. The second-order valence-electron chi connectivity index (χ2n) is 7.45. The molecule has 2 heterocycles. The molecule has 9 nitrogen and oxygen atoms in total. The Morgan fingerprint density at radius 2 is 2.14 bits per heavy atom. The zero-order valence-electron chi connectivity index (χ0n) is 16.4.